The molecule has 0 saturated heterocycles. The molecule has 0 spiro atoms. The molecular formula is C18H15FN2OS. The molecule has 3 nitrogen and oxygen atoms in total. The van der Waals surface area contributed by atoms with Crippen LogP contribution < -0.4 is 10.1 Å². The highest BCUT2D eigenvalue weighted by molar-refractivity contribution is 8.17. The molecule has 2 aliphatic rings. The number of para-hydroxylation sites is 1. The van der Waals surface area contributed by atoms with Gasteiger partial charge in [-0.2, -0.15) is 0 Å². The maximum atomic E-state index is 13.7. The molecule has 0 radical (unpaired) electrons. The van der Waals surface area contributed by atoms with E-state index in [1.54, 1.807) is 30.0 Å². The fourth-order valence-corrected chi connectivity index (χ4v) is 3.50. The van der Waals surface area contributed by atoms with Crippen LogP contribution in [0, 0.1) is 5.82 Å². The van der Waals surface area contributed by atoms with Crippen molar-refractivity contribution in [3.8, 4) is 5.75 Å². The van der Waals surface area contributed by atoms with E-state index in [1.165, 1.54) is 11.6 Å². The maximum absolute atomic E-state index is 13.7. The molecule has 0 fully saturated rings. The Labute approximate surface area is 138 Å². The summed E-state index contributed by atoms with van der Waals surface area (Å²) in [7, 11) is 0. The second-order valence-corrected chi connectivity index (χ2v) is 6.52. The summed E-state index contributed by atoms with van der Waals surface area (Å²) >= 11 is 1.54. The number of nitrogens with zero attached hydrogens (tertiary/aromatic N) is 1. The molecule has 0 aromatic heterocycles. The molecule has 0 bridgehead atoms. The van der Waals surface area contributed by atoms with Crippen LogP contribution in [0.2, 0.25) is 0 Å². The molecule has 4 rings (SSSR count). The van der Waals surface area contributed by atoms with Crippen molar-refractivity contribution in [2.75, 3.05) is 18.5 Å². The van der Waals surface area contributed by atoms with Gasteiger partial charge in [0.1, 0.15) is 11.6 Å². The highest BCUT2D eigenvalue weighted by atomic mass is 32.2. The first-order valence-corrected chi connectivity index (χ1v) is 8.30. The van der Waals surface area contributed by atoms with Gasteiger partial charge < -0.3 is 10.1 Å². The number of fused-ring (bicyclic) bond motifs is 1. The number of ether oxygens (including phenoxy) is 1. The van der Waals surface area contributed by atoms with Gasteiger partial charge in [0.2, 0.25) is 0 Å². The third-order valence-corrected chi connectivity index (χ3v) is 4.70. The minimum atomic E-state index is -0.271. The molecular weight excluding hydrogens is 311 g/mol. The van der Waals surface area contributed by atoms with E-state index in [2.05, 4.69) is 28.5 Å². The van der Waals surface area contributed by atoms with Crippen LogP contribution in [0.5, 0.6) is 5.75 Å². The van der Waals surface area contributed by atoms with Crippen molar-refractivity contribution < 1.29 is 9.13 Å². The van der Waals surface area contributed by atoms with Crippen molar-refractivity contribution >= 4 is 28.7 Å². The van der Waals surface area contributed by atoms with Crippen molar-refractivity contribution in [3.05, 3.63) is 64.3 Å². The topological polar surface area (TPSA) is 33.6 Å². The Morgan fingerprint density at radius 2 is 2.13 bits per heavy atom. The molecule has 2 aromatic rings. The van der Waals surface area contributed by atoms with Crippen LogP contribution in [-0.2, 0) is 6.42 Å². The minimum Gasteiger partial charge on any atom is -0.493 e. The Morgan fingerprint density at radius 1 is 1.22 bits per heavy atom. The van der Waals surface area contributed by atoms with Gasteiger partial charge in [0.05, 0.1) is 18.8 Å². The van der Waals surface area contributed by atoms with E-state index >= 15 is 0 Å². The SMILES string of the molecule is Fc1ccccc1NC1=NCC(=Cc2ccc3c(c2)CCO3)S1. The van der Waals surface area contributed by atoms with E-state index < -0.39 is 0 Å². The van der Waals surface area contributed by atoms with Crippen LogP contribution >= 0.6 is 11.8 Å². The molecule has 2 heterocycles. The average molecular weight is 326 g/mol. The number of benzene rings is 2. The smallest absolute Gasteiger partial charge is 0.166 e. The number of hydrogen-bond donors (Lipinski definition) is 1. The summed E-state index contributed by atoms with van der Waals surface area (Å²) in [6.45, 7) is 1.39. The summed E-state index contributed by atoms with van der Waals surface area (Å²) in [5.74, 6) is 0.719. The van der Waals surface area contributed by atoms with E-state index in [0.29, 0.717) is 12.2 Å². The Balaban J connectivity index is 1.46. The Morgan fingerprint density at radius 3 is 3.04 bits per heavy atom. The molecule has 1 N–H and O–H groups in total. The van der Waals surface area contributed by atoms with Crippen molar-refractivity contribution in [2.24, 2.45) is 4.99 Å². The lowest BCUT2D eigenvalue weighted by Gasteiger charge is -2.05. The van der Waals surface area contributed by atoms with Gasteiger partial charge in [-0.15, -0.1) is 0 Å². The van der Waals surface area contributed by atoms with Crippen molar-refractivity contribution in [2.45, 2.75) is 6.42 Å². The first-order chi connectivity index (χ1) is 11.3. The first kappa shape index (κ1) is 14.3. The number of aliphatic imine (C=N–C) groups is 1. The zero-order chi connectivity index (χ0) is 15.6. The van der Waals surface area contributed by atoms with Gasteiger partial charge in [0, 0.05) is 11.3 Å². The lowest BCUT2D eigenvalue weighted by atomic mass is 10.1. The lowest BCUT2D eigenvalue weighted by molar-refractivity contribution is 0.357. The second kappa shape index (κ2) is 6.08. The number of hydrogen-bond acceptors (Lipinski definition) is 4. The van der Waals surface area contributed by atoms with Crippen molar-refractivity contribution in [1.29, 1.82) is 0 Å². The van der Waals surface area contributed by atoms with E-state index in [9.17, 15) is 4.39 Å². The second-order valence-electron chi connectivity index (χ2n) is 5.40. The van der Waals surface area contributed by atoms with Gasteiger partial charge in [-0.1, -0.05) is 30.0 Å². The third-order valence-electron chi connectivity index (χ3n) is 3.76. The molecule has 0 amide bonds. The predicted octanol–water partition coefficient (Wildman–Crippen LogP) is 4.32. The molecule has 2 aromatic carbocycles. The molecule has 0 saturated carbocycles. The summed E-state index contributed by atoms with van der Waals surface area (Å²) in [5.41, 5.74) is 2.86. The zero-order valence-electron chi connectivity index (χ0n) is 12.4. The summed E-state index contributed by atoms with van der Waals surface area (Å²) in [6.07, 6.45) is 3.10. The number of thioether (sulfide) groups is 1. The highest BCUT2D eigenvalue weighted by Gasteiger charge is 2.16. The zero-order valence-corrected chi connectivity index (χ0v) is 13.2. The summed E-state index contributed by atoms with van der Waals surface area (Å²) < 4.78 is 19.2. The van der Waals surface area contributed by atoms with Crippen LogP contribution in [0.25, 0.3) is 6.08 Å². The van der Waals surface area contributed by atoms with E-state index in [0.717, 1.165) is 34.4 Å². The molecule has 0 atom stereocenters. The fraction of sp³-hybridized carbons (Fsp3) is 0.167. The number of amidine groups is 1. The minimum absolute atomic E-state index is 0.271. The van der Waals surface area contributed by atoms with Gasteiger partial charge in [0.15, 0.2) is 5.17 Å². The molecule has 116 valence electrons. The summed E-state index contributed by atoms with van der Waals surface area (Å²) in [5, 5.41) is 3.77. The van der Waals surface area contributed by atoms with Crippen LogP contribution in [0.15, 0.2) is 52.4 Å². The molecule has 0 unspecified atom stereocenters. The maximum Gasteiger partial charge on any atom is 0.166 e. The van der Waals surface area contributed by atoms with Gasteiger partial charge in [-0.3, -0.25) is 4.99 Å². The fourth-order valence-electron chi connectivity index (χ4n) is 2.64. The van der Waals surface area contributed by atoms with Gasteiger partial charge in [-0.05, 0) is 41.5 Å². The normalized spacial score (nSPS) is 17.8. The van der Waals surface area contributed by atoms with Gasteiger partial charge in [-0.25, -0.2) is 4.39 Å². The summed E-state index contributed by atoms with van der Waals surface area (Å²) in [6, 6.07) is 12.9. The third kappa shape index (κ3) is 3.10. The average Bonchev–Trinajstić information content (AvgIpc) is 3.18. The Hall–Kier alpha value is -2.27. The molecule has 5 heteroatoms. The predicted molar refractivity (Wildman–Crippen MR) is 93.5 cm³/mol. The first-order valence-electron chi connectivity index (χ1n) is 7.48. The van der Waals surface area contributed by atoms with E-state index in [1.807, 2.05) is 6.07 Å². The van der Waals surface area contributed by atoms with E-state index in [4.69, 9.17) is 4.74 Å². The summed E-state index contributed by atoms with van der Waals surface area (Å²) in [4.78, 5) is 5.57. The standard InChI is InChI=1S/C18H15FN2OS/c19-15-3-1-2-4-16(15)21-18-20-11-14(23-18)10-12-5-6-17-13(9-12)7-8-22-17/h1-6,9-10H,7-8,11H2,(H,20,21). The van der Waals surface area contributed by atoms with Crippen LogP contribution in [0.3, 0.4) is 0 Å². The van der Waals surface area contributed by atoms with E-state index in [-0.39, 0.29) is 5.82 Å². The van der Waals surface area contributed by atoms with Crippen LogP contribution in [-0.4, -0.2) is 18.3 Å². The van der Waals surface area contributed by atoms with Crippen LogP contribution in [0.1, 0.15) is 11.1 Å². The van der Waals surface area contributed by atoms with Gasteiger partial charge in [0.25, 0.3) is 0 Å². The number of nitrogens with one attached hydrogen (secondary N) is 1. The molecule has 23 heavy (non-hydrogen) atoms. The number of rotatable bonds is 2. The molecule has 0 aliphatic carbocycles. The van der Waals surface area contributed by atoms with Crippen LogP contribution in [0.4, 0.5) is 10.1 Å². The number of anilines is 1. The Bertz CT molecular complexity index is 816. The van der Waals surface area contributed by atoms with Gasteiger partial charge >= 0.3 is 0 Å². The number of halogens is 1. The monoisotopic (exact) mass is 326 g/mol. The molecule has 2 aliphatic heterocycles. The van der Waals surface area contributed by atoms with Crippen molar-refractivity contribution in [3.63, 3.8) is 0 Å². The quantitative estimate of drug-likeness (QED) is 0.892. The van der Waals surface area contributed by atoms with Crippen molar-refractivity contribution in [1.82, 2.24) is 0 Å². The lowest BCUT2D eigenvalue weighted by Crippen LogP contribution is -2.06. The highest BCUT2D eigenvalue weighted by Crippen LogP contribution is 2.31. The Kier molecular flexibility index (Phi) is 3.79. The largest absolute Gasteiger partial charge is 0.493 e.